The van der Waals surface area contributed by atoms with Crippen LogP contribution in [0.4, 0.5) is 0 Å². The van der Waals surface area contributed by atoms with Gasteiger partial charge in [-0.15, -0.1) is 24.0 Å². The molecule has 0 spiro atoms. The van der Waals surface area contributed by atoms with Crippen LogP contribution in [0.2, 0.25) is 0 Å². The van der Waals surface area contributed by atoms with Gasteiger partial charge in [-0.25, -0.2) is 0 Å². The highest BCUT2D eigenvalue weighted by atomic mass is 127. The van der Waals surface area contributed by atoms with E-state index in [0.29, 0.717) is 0 Å². The zero-order valence-corrected chi connectivity index (χ0v) is 20.3. The van der Waals surface area contributed by atoms with E-state index in [1.165, 1.54) is 58.3 Å². The molecule has 6 nitrogen and oxygen atoms in total. The standard InChI is InChI=1S/C21H37N5O.HI/c1-17-8-9-19(27-17)18(2)24-20(22-3)23-16-21(10-14-25(4)15-11-21)26-12-6-5-7-13-26;/h8-9,18H,5-7,10-16H2,1-4H3,(H2,22,23,24);1H. The molecule has 0 aromatic carbocycles. The molecule has 0 radical (unpaired) electrons. The van der Waals surface area contributed by atoms with Gasteiger partial charge in [0, 0.05) is 19.1 Å². The van der Waals surface area contributed by atoms with E-state index in [1.807, 2.05) is 26.1 Å². The number of rotatable bonds is 5. The summed E-state index contributed by atoms with van der Waals surface area (Å²) >= 11 is 0. The Bertz CT molecular complexity index is 618. The molecule has 1 unspecified atom stereocenters. The van der Waals surface area contributed by atoms with E-state index in [2.05, 4.69) is 39.4 Å². The van der Waals surface area contributed by atoms with E-state index in [1.54, 1.807) is 0 Å². The van der Waals surface area contributed by atoms with E-state index in [-0.39, 0.29) is 35.6 Å². The lowest BCUT2D eigenvalue weighted by atomic mass is 9.84. The molecule has 7 heteroatoms. The Labute approximate surface area is 187 Å². The Morgan fingerprint density at radius 3 is 2.43 bits per heavy atom. The second-order valence-corrected chi connectivity index (χ2v) is 8.32. The zero-order chi connectivity index (χ0) is 19.3. The quantitative estimate of drug-likeness (QED) is 0.367. The second-order valence-electron chi connectivity index (χ2n) is 8.32. The van der Waals surface area contributed by atoms with Crippen molar-refractivity contribution in [3.8, 4) is 0 Å². The summed E-state index contributed by atoms with van der Waals surface area (Å²) in [7, 11) is 4.08. The molecule has 2 aliphatic rings. The number of nitrogens with one attached hydrogen (secondary N) is 2. The lowest BCUT2D eigenvalue weighted by Gasteiger charge is -2.50. The van der Waals surface area contributed by atoms with E-state index >= 15 is 0 Å². The van der Waals surface area contributed by atoms with Crippen molar-refractivity contribution in [2.24, 2.45) is 4.99 Å². The van der Waals surface area contributed by atoms with Gasteiger partial charge >= 0.3 is 0 Å². The molecule has 0 saturated carbocycles. The largest absolute Gasteiger partial charge is 0.464 e. The molecule has 28 heavy (non-hydrogen) atoms. The molecule has 0 bridgehead atoms. The average molecular weight is 503 g/mol. The van der Waals surface area contributed by atoms with Gasteiger partial charge < -0.3 is 20.0 Å². The van der Waals surface area contributed by atoms with Gasteiger partial charge in [0.25, 0.3) is 0 Å². The summed E-state index contributed by atoms with van der Waals surface area (Å²) in [4.78, 5) is 9.67. The van der Waals surface area contributed by atoms with Crippen molar-refractivity contribution >= 4 is 29.9 Å². The van der Waals surface area contributed by atoms with Gasteiger partial charge in [-0.3, -0.25) is 9.89 Å². The van der Waals surface area contributed by atoms with E-state index in [0.717, 1.165) is 24.0 Å². The third kappa shape index (κ3) is 5.86. The Morgan fingerprint density at radius 2 is 1.86 bits per heavy atom. The first-order valence-electron chi connectivity index (χ1n) is 10.5. The summed E-state index contributed by atoms with van der Waals surface area (Å²) in [6.07, 6.45) is 6.49. The van der Waals surface area contributed by atoms with Gasteiger partial charge in [0.2, 0.25) is 0 Å². The smallest absolute Gasteiger partial charge is 0.191 e. The third-order valence-corrected chi connectivity index (χ3v) is 6.29. The minimum atomic E-state index is 0. The van der Waals surface area contributed by atoms with E-state index < -0.39 is 0 Å². The number of piperidine rings is 2. The fourth-order valence-corrected chi connectivity index (χ4v) is 4.41. The molecular formula is C21H38IN5O. The molecule has 2 saturated heterocycles. The average Bonchev–Trinajstić information content (AvgIpc) is 3.14. The van der Waals surface area contributed by atoms with Crippen LogP contribution in [0.25, 0.3) is 0 Å². The molecule has 3 heterocycles. The Hall–Kier alpha value is -0.800. The van der Waals surface area contributed by atoms with Gasteiger partial charge in [0.15, 0.2) is 5.96 Å². The van der Waals surface area contributed by atoms with Crippen LogP contribution in [-0.4, -0.2) is 68.1 Å². The first kappa shape index (κ1) is 23.5. The number of guanidine groups is 1. The van der Waals surface area contributed by atoms with Gasteiger partial charge in [-0.2, -0.15) is 0 Å². The van der Waals surface area contributed by atoms with Crippen LogP contribution in [0.1, 0.15) is 56.6 Å². The predicted octanol–water partition coefficient (Wildman–Crippen LogP) is 3.38. The van der Waals surface area contributed by atoms with Crippen LogP contribution < -0.4 is 10.6 Å². The number of nitrogens with zero attached hydrogens (tertiary/aromatic N) is 3. The van der Waals surface area contributed by atoms with Gasteiger partial charge in [0.05, 0.1) is 6.04 Å². The first-order chi connectivity index (χ1) is 13.0. The Balaban J connectivity index is 0.00000280. The van der Waals surface area contributed by atoms with Crippen molar-refractivity contribution in [3.05, 3.63) is 23.7 Å². The summed E-state index contributed by atoms with van der Waals surface area (Å²) < 4.78 is 5.75. The van der Waals surface area contributed by atoms with Crippen LogP contribution in [0.5, 0.6) is 0 Å². The number of hydrogen-bond donors (Lipinski definition) is 2. The third-order valence-electron chi connectivity index (χ3n) is 6.29. The monoisotopic (exact) mass is 503 g/mol. The molecule has 2 N–H and O–H groups in total. The van der Waals surface area contributed by atoms with Crippen LogP contribution in [0, 0.1) is 6.92 Å². The van der Waals surface area contributed by atoms with Crippen molar-refractivity contribution in [3.63, 3.8) is 0 Å². The first-order valence-corrected chi connectivity index (χ1v) is 10.5. The fraction of sp³-hybridized carbons (Fsp3) is 0.762. The van der Waals surface area contributed by atoms with Crippen LogP contribution in [-0.2, 0) is 0 Å². The maximum atomic E-state index is 5.75. The second kappa shape index (κ2) is 10.8. The maximum absolute atomic E-state index is 5.75. The van der Waals surface area contributed by atoms with Crippen molar-refractivity contribution in [1.82, 2.24) is 20.4 Å². The number of aliphatic imine (C=N–C) groups is 1. The molecule has 1 aromatic rings. The van der Waals surface area contributed by atoms with Crippen molar-refractivity contribution in [1.29, 1.82) is 0 Å². The summed E-state index contributed by atoms with van der Waals surface area (Å²) in [6, 6.07) is 4.13. The van der Waals surface area contributed by atoms with Gasteiger partial charge in [-0.1, -0.05) is 6.42 Å². The van der Waals surface area contributed by atoms with Crippen LogP contribution in [0.3, 0.4) is 0 Å². The SMILES string of the molecule is CN=C(NCC1(N2CCCCC2)CCN(C)CC1)NC(C)c1ccc(C)o1.I. The van der Waals surface area contributed by atoms with Crippen molar-refractivity contribution in [2.45, 2.75) is 57.5 Å². The summed E-state index contributed by atoms with van der Waals surface area (Å²) in [5.41, 5.74) is 0.245. The number of halogens is 1. The Morgan fingerprint density at radius 1 is 1.18 bits per heavy atom. The minimum Gasteiger partial charge on any atom is -0.464 e. The normalized spacial score (nSPS) is 22.4. The van der Waals surface area contributed by atoms with E-state index in [4.69, 9.17) is 4.42 Å². The lowest BCUT2D eigenvalue weighted by molar-refractivity contribution is 0.0173. The van der Waals surface area contributed by atoms with Crippen molar-refractivity contribution in [2.75, 3.05) is 46.8 Å². The minimum absolute atomic E-state index is 0. The molecule has 3 rings (SSSR count). The number of likely N-dealkylation sites (tertiary alicyclic amines) is 2. The molecule has 2 fully saturated rings. The molecule has 2 aliphatic heterocycles. The Kier molecular flexibility index (Phi) is 9.08. The summed E-state index contributed by atoms with van der Waals surface area (Å²) in [5, 5.41) is 7.12. The summed E-state index contributed by atoms with van der Waals surface area (Å²) in [6.45, 7) is 9.86. The van der Waals surface area contributed by atoms with E-state index in [9.17, 15) is 0 Å². The highest BCUT2D eigenvalue weighted by Gasteiger charge is 2.39. The molecule has 1 atom stereocenters. The lowest BCUT2D eigenvalue weighted by Crippen LogP contribution is -2.62. The fourth-order valence-electron chi connectivity index (χ4n) is 4.41. The van der Waals surface area contributed by atoms with Crippen LogP contribution >= 0.6 is 24.0 Å². The number of hydrogen-bond acceptors (Lipinski definition) is 4. The highest BCUT2D eigenvalue weighted by molar-refractivity contribution is 14.0. The molecule has 1 aromatic heterocycles. The van der Waals surface area contributed by atoms with Gasteiger partial charge in [0.1, 0.15) is 11.5 Å². The topological polar surface area (TPSA) is 56.0 Å². The number of furan rings is 1. The molecule has 160 valence electrons. The molecule has 0 amide bonds. The molecular weight excluding hydrogens is 465 g/mol. The zero-order valence-electron chi connectivity index (χ0n) is 18.0. The predicted molar refractivity (Wildman–Crippen MR) is 127 cm³/mol. The number of aryl methyl sites for hydroxylation is 1. The van der Waals surface area contributed by atoms with Gasteiger partial charge in [-0.05, 0) is 84.9 Å². The summed E-state index contributed by atoms with van der Waals surface area (Å²) in [5.74, 6) is 2.74. The maximum Gasteiger partial charge on any atom is 0.191 e. The van der Waals surface area contributed by atoms with Crippen molar-refractivity contribution < 1.29 is 4.42 Å². The van der Waals surface area contributed by atoms with Crippen LogP contribution in [0.15, 0.2) is 21.5 Å². The highest BCUT2D eigenvalue weighted by Crippen LogP contribution is 2.30. The molecule has 0 aliphatic carbocycles.